The molecule has 8 rings (SSSR count). The molecule has 0 aliphatic rings. The summed E-state index contributed by atoms with van der Waals surface area (Å²) in [7, 11) is 6.30. The number of hydrogen-bond acceptors (Lipinski definition) is 20. The summed E-state index contributed by atoms with van der Waals surface area (Å²) in [6.45, 7) is 4.70. The van der Waals surface area contributed by atoms with E-state index in [0.29, 0.717) is 136 Å². The Hall–Kier alpha value is -8.18. The maximum absolute atomic E-state index is 5.94. The van der Waals surface area contributed by atoms with Crippen LogP contribution in [0.25, 0.3) is 68.3 Å². The molecular weight excluding hydrogens is 1030 g/mol. The zero-order valence-corrected chi connectivity index (χ0v) is 45.2. The van der Waals surface area contributed by atoms with Gasteiger partial charge >= 0.3 is 0 Å². The van der Waals surface area contributed by atoms with Gasteiger partial charge < -0.3 is 66.3 Å². The molecule has 2 heterocycles. The first kappa shape index (κ1) is 58.0. The van der Waals surface area contributed by atoms with Gasteiger partial charge in [-0.1, -0.05) is 0 Å². The van der Waals surface area contributed by atoms with Gasteiger partial charge in [-0.3, -0.25) is 0 Å². The van der Waals surface area contributed by atoms with Gasteiger partial charge in [-0.2, -0.15) is 0 Å². The molecular formula is C60H64N6O14. The van der Waals surface area contributed by atoms with Gasteiger partial charge in [0.2, 0.25) is 0 Å². The van der Waals surface area contributed by atoms with Gasteiger partial charge in [-0.15, -0.1) is 0 Å². The minimum Gasteiger partial charge on any atom is -0.491 e. The lowest BCUT2D eigenvalue weighted by molar-refractivity contribution is -0.00698. The fourth-order valence-corrected chi connectivity index (χ4v) is 7.43. The van der Waals surface area contributed by atoms with E-state index in [1.165, 1.54) is 0 Å². The fraction of sp³-hybridized carbons (Fsp3) is 0.300. The summed E-state index contributed by atoms with van der Waals surface area (Å²) in [4.78, 5) is 29.0. The number of ether oxygens (including phenoxy) is 14. The van der Waals surface area contributed by atoms with Crippen LogP contribution in [0.15, 0.2) is 146 Å². The van der Waals surface area contributed by atoms with Gasteiger partial charge in [0.05, 0.1) is 52.9 Å². The van der Waals surface area contributed by atoms with Crippen molar-refractivity contribution >= 4 is 0 Å². The zero-order valence-electron chi connectivity index (χ0n) is 45.2. The number of rotatable bonds is 35. The zero-order chi connectivity index (χ0) is 55.4. The van der Waals surface area contributed by atoms with Crippen LogP contribution in [0.2, 0.25) is 0 Å². The number of methoxy groups -OCH3 is 4. The predicted octanol–water partition coefficient (Wildman–Crippen LogP) is 9.51. The molecule has 0 fully saturated rings. The Morgan fingerprint density at radius 1 is 0.212 bits per heavy atom. The van der Waals surface area contributed by atoms with E-state index in [0.717, 1.165) is 33.4 Å². The van der Waals surface area contributed by atoms with Crippen LogP contribution >= 0.6 is 0 Å². The molecule has 6 aromatic carbocycles. The van der Waals surface area contributed by atoms with Gasteiger partial charge in [-0.05, 0) is 146 Å². The SMILES string of the molecule is COCOc1ccc(-c2nc(-c3ccc(OCCOCCOCCOCCOCCOc4ccc(-c5nc(-c6ccc(OCOC)cc6)nc(-c6ccc(OCOC)cc6)n5)cc4)cc3)nc(-c3ccc(OCOC)cc3)n2)cc1. The van der Waals surface area contributed by atoms with Crippen LogP contribution in [0.5, 0.6) is 34.5 Å². The van der Waals surface area contributed by atoms with Crippen LogP contribution in [0.3, 0.4) is 0 Å². The molecule has 0 atom stereocenters. The summed E-state index contributed by atoms with van der Waals surface area (Å²) in [5.74, 6) is 7.09. The van der Waals surface area contributed by atoms with Crippen molar-refractivity contribution < 1.29 is 66.3 Å². The van der Waals surface area contributed by atoms with E-state index >= 15 is 0 Å². The monoisotopic (exact) mass is 1090 g/mol. The van der Waals surface area contributed by atoms with E-state index in [9.17, 15) is 0 Å². The lowest BCUT2D eigenvalue weighted by atomic mass is 10.1. The average molecular weight is 1090 g/mol. The smallest absolute Gasteiger partial charge is 0.188 e. The van der Waals surface area contributed by atoms with E-state index in [-0.39, 0.29) is 27.2 Å². The first-order chi connectivity index (χ1) is 39.5. The lowest BCUT2D eigenvalue weighted by Gasteiger charge is -2.11. The molecule has 0 amide bonds. The maximum atomic E-state index is 5.94. The Morgan fingerprint density at radius 3 is 0.550 bits per heavy atom. The molecule has 0 aliphatic carbocycles. The van der Waals surface area contributed by atoms with Crippen LogP contribution in [0.1, 0.15) is 0 Å². The summed E-state index contributed by atoms with van der Waals surface area (Å²) in [6.07, 6.45) is 0. The number of aromatic nitrogens is 6. The van der Waals surface area contributed by atoms with Crippen molar-refractivity contribution in [2.75, 3.05) is 122 Å². The van der Waals surface area contributed by atoms with E-state index < -0.39 is 0 Å². The second kappa shape index (κ2) is 32.0. The molecule has 0 N–H and O–H groups in total. The Morgan fingerprint density at radius 2 is 0.375 bits per heavy atom. The molecule has 0 aliphatic heterocycles. The van der Waals surface area contributed by atoms with Gasteiger partial charge in [0, 0.05) is 61.8 Å². The van der Waals surface area contributed by atoms with E-state index in [1.807, 2.05) is 146 Å². The minimum absolute atomic E-state index is 0.148. The van der Waals surface area contributed by atoms with Gasteiger partial charge in [0.25, 0.3) is 0 Å². The Bertz CT molecular complexity index is 2700. The van der Waals surface area contributed by atoms with Gasteiger partial charge in [0.15, 0.2) is 62.1 Å². The van der Waals surface area contributed by atoms with Crippen molar-refractivity contribution in [3.05, 3.63) is 146 Å². The first-order valence-electron chi connectivity index (χ1n) is 25.7. The third kappa shape index (κ3) is 18.2. The third-order valence-electron chi connectivity index (χ3n) is 11.4. The molecule has 0 saturated carbocycles. The quantitative estimate of drug-likeness (QED) is 0.0268. The molecule has 20 heteroatoms. The molecule has 418 valence electrons. The van der Waals surface area contributed by atoms with Crippen LogP contribution in [0.4, 0.5) is 0 Å². The van der Waals surface area contributed by atoms with Gasteiger partial charge in [0.1, 0.15) is 47.7 Å². The molecule has 0 bridgehead atoms. The highest BCUT2D eigenvalue weighted by atomic mass is 16.7. The Kier molecular flexibility index (Phi) is 23.2. The summed E-state index contributed by atoms with van der Waals surface area (Å²) < 4.78 is 77.0. The minimum atomic E-state index is 0.148. The highest BCUT2D eigenvalue weighted by Crippen LogP contribution is 2.30. The van der Waals surface area contributed by atoms with Crippen LogP contribution in [0, 0.1) is 0 Å². The molecule has 0 saturated heterocycles. The second-order valence-corrected chi connectivity index (χ2v) is 17.1. The molecule has 2 aromatic heterocycles. The normalized spacial score (nSPS) is 11.1. The van der Waals surface area contributed by atoms with Crippen molar-refractivity contribution in [1.29, 1.82) is 0 Å². The van der Waals surface area contributed by atoms with E-state index in [4.69, 9.17) is 96.2 Å². The summed E-state index contributed by atoms with van der Waals surface area (Å²) in [6, 6.07) is 45.1. The van der Waals surface area contributed by atoms with Crippen LogP contribution in [-0.2, 0) is 37.9 Å². The van der Waals surface area contributed by atoms with Crippen molar-refractivity contribution in [2.24, 2.45) is 0 Å². The summed E-state index contributed by atoms with van der Waals surface area (Å²) in [5.41, 5.74) is 4.79. The highest BCUT2D eigenvalue weighted by Gasteiger charge is 2.16. The molecule has 80 heavy (non-hydrogen) atoms. The Balaban J connectivity index is 0.701. The topological polar surface area (TPSA) is 207 Å². The van der Waals surface area contributed by atoms with Crippen molar-refractivity contribution in [3.8, 4) is 103 Å². The van der Waals surface area contributed by atoms with Crippen LogP contribution < -0.4 is 28.4 Å². The largest absolute Gasteiger partial charge is 0.491 e. The van der Waals surface area contributed by atoms with Crippen molar-refractivity contribution in [1.82, 2.24) is 29.9 Å². The molecule has 0 spiro atoms. The van der Waals surface area contributed by atoms with Crippen molar-refractivity contribution in [2.45, 2.75) is 0 Å². The molecule has 8 aromatic rings. The maximum Gasteiger partial charge on any atom is 0.188 e. The highest BCUT2D eigenvalue weighted by molar-refractivity contribution is 5.69. The summed E-state index contributed by atoms with van der Waals surface area (Å²) >= 11 is 0. The molecule has 20 nitrogen and oxygen atoms in total. The molecule has 0 radical (unpaired) electrons. The second-order valence-electron chi connectivity index (χ2n) is 17.1. The lowest BCUT2D eigenvalue weighted by Crippen LogP contribution is -2.14. The predicted molar refractivity (Wildman–Crippen MR) is 297 cm³/mol. The summed E-state index contributed by atoms with van der Waals surface area (Å²) in [5, 5.41) is 0. The number of hydrogen-bond donors (Lipinski definition) is 0. The number of nitrogens with zero attached hydrogens (tertiary/aromatic N) is 6. The molecule has 0 unspecified atom stereocenters. The van der Waals surface area contributed by atoms with E-state index in [1.54, 1.807) is 28.4 Å². The van der Waals surface area contributed by atoms with Crippen LogP contribution in [-0.4, -0.2) is 152 Å². The van der Waals surface area contributed by atoms with Crippen molar-refractivity contribution in [3.63, 3.8) is 0 Å². The average Bonchev–Trinajstić information content (AvgIpc) is 3.65. The number of benzene rings is 6. The third-order valence-corrected chi connectivity index (χ3v) is 11.4. The fourth-order valence-electron chi connectivity index (χ4n) is 7.43. The standard InChI is InChI=1S/C60H64N6O14/c1-67-39-77-51-21-9-45(10-22-51)57-61-55(62-58(65-57)46-11-23-52(24-12-46)78-40-68-2)43-5-17-49(18-6-43)75-37-35-73-33-31-71-29-30-72-32-34-74-36-38-76-50-19-7-44(8-20-50)56-63-59(47-13-25-53(26-14-47)79-41-69-3)66-60(64-56)48-15-27-54(28-16-48)80-42-70-4/h5-28H,29-42H2,1-4H3. The van der Waals surface area contributed by atoms with E-state index in [2.05, 4.69) is 0 Å². The Labute approximate surface area is 464 Å². The van der Waals surface area contributed by atoms with Gasteiger partial charge in [-0.25, -0.2) is 29.9 Å². The first-order valence-corrected chi connectivity index (χ1v) is 25.7.